The van der Waals surface area contributed by atoms with Crippen molar-refractivity contribution in [3.63, 3.8) is 0 Å². The third kappa shape index (κ3) is 3.16. The maximum atomic E-state index is 13.4. The van der Waals surface area contributed by atoms with Crippen molar-refractivity contribution in [2.24, 2.45) is 0 Å². The lowest BCUT2D eigenvalue weighted by Gasteiger charge is -2.21. The Bertz CT molecular complexity index is 839. The van der Waals surface area contributed by atoms with Gasteiger partial charge in [-0.05, 0) is 36.8 Å². The number of nitrogens with zero attached hydrogens (tertiary/aromatic N) is 1. The predicted octanol–water partition coefficient (Wildman–Crippen LogP) is 4.35. The van der Waals surface area contributed by atoms with E-state index in [9.17, 15) is 13.9 Å². The Morgan fingerprint density at radius 2 is 1.71 bits per heavy atom. The predicted molar refractivity (Wildman–Crippen MR) is 89.1 cm³/mol. The monoisotopic (exact) mass is 347 g/mol. The number of ether oxygens (including phenoxy) is 1. The first kappa shape index (κ1) is 16.5. The van der Waals surface area contributed by atoms with Gasteiger partial charge < -0.3 is 9.84 Å². The summed E-state index contributed by atoms with van der Waals surface area (Å²) in [6.07, 6.45) is 0. The molecule has 1 aromatic heterocycles. The van der Waals surface area contributed by atoms with Gasteiger partial charge in [-0.3, -0.25) is 0 Å². The first-order valence-electron chi connectivity index (χ1n) is 7.19. The highest BCUT2D eigenvalue weighted by Gasteiger charge is 2.29. The van der Waals surface area contributed by atoms with E-state index in [1.54, 1.807) is 43.7 Å². The fraction of sp³-hybridized carbons (Fsp3) is 0.167. The van der Waals surface area contributed by atoms with Crippen molar-refractivity contribution in [2.75, 3.05) is 7.11 Å². The maximum absolute atomic E-state index is 13.4. The SMILES string of the molecule is COc1ccc(C(C)(O)c2nc(-c3cc(F)cc(F)c3)cs2)cc1. The minimum atomic E-state index is -1.32. The third-order valence-electron chi connectivity index (χ3n) is 3.73. The quantitative estimate of drug-likeness (QED) is 0.763. The normalized spacial score (nSPS) is 13.5. The molecule has 0 aliphatic carbocycles. The van der Waals surface area contributed by atoms with E-state index in [1.807, 2.05) is 0 Å². The molecule has 1 atom stereocenters. The summed E-state index contributed by atoms with van der Waals surface area (Å²) in [5.74, 6) is -0.646. The van der Waals surface area contributed by atoms with Crippen LogP contribution < -0.4 is 4.74 Å². The van der Waals surface area contributed by atoms with E-state index < -0.39 is 17.2 Å². The molecule has 0 fully saturated rings. The van der Waals surface area contributed by atoms with Gasteiger partial charge in [-0.25, -0.2) is 13.8 Å². The summed E-state index contributed by atoms with van der Waals surface area (Å²) in [5.41, 5.74) is 0.0819. The zero-order valence-electron chi connectivity index (χ0n) is 13.1. The summed E-state index contributed by atoms with van der Waals surface area (Å²) in [5, 5.41) is 13.0. The molecule has 3 rings (SSSR count). The Labute approximate surface area is 142 Å². The van der Waals surface area contributed by atoms with Gasteiger partial charge in [0.05, 0.1) is 12.8 Å². The van der Waals surface area contributed by atoms with Crippen LogP contribution in [0.4, 0.5) is 8.78 Å². The summed E-state index contributed by atoms with van der Waals surface area (Å²) in [7, 11) is 1.57. The summed E-state index contributed by atoms with van der Waals surface area (Å²) in [6, 6.07) is 10.2. The van der Waals surface area contributed by atoms with Gasteiger partial charge in [0.25, 0.3) is 0 Å². The van der Waals surface area contributed by atoms with Gasteiger partial charge in [-0.2, -0.15) is 0 Å². The zero-order valence-corrected chi connectivity index (χ0v) is 13.9. The van der Waals surface area contributed by atoms with Gasteiger partial charge in [-0.1, -0.05) is 12.1 Å². The van der Waals surface area contributed by atoms with Crippen LogP contribution in [0.2, 0.25) is 0 Å². The fourth-order valence-electron chi connectivity index (χ4n) is 2.37. The topological polar surface area (TPSA) is 42.4 Å². The minimum Gasteiger partial charge on any atom is -0.497 e. The standard InChI is InChI=1S/C18H15F2NO2S/c1-18(22,12-3-5-15(23-2)6-4-12)17-21-16(10-24-17)11-7-13(19)9-14(20)8-11/h3-10,22H,1-2H3. The van der Waals surface area contributed by atoms with E-state index in [4.69, 9.17) is 4.74 Å². The largest absolute Gasteiger partial charge is 0.497 e. The zero-order chi connectivity index (χ0) is 17.3. The molecule has 0 bridgehead atoms. The maximum Gasteiger partial charge on any atom is 0.138 e. The van der Waals surface area contributed by atoms with Crippen LogP contribution in [0, 0.1) is 11.6 Å². The fourth-order valence-corrected chi connectivity index (χ4v) is 3.28. The molecule has 0 amide bonds. The summed E-state index contributed by atoms with van der Waals surface area (Å²) < 4.78 is 31.8. The van der Waals surface area contributed by atoms with Gasteiger partial charge >= 0.3 is 0 Å². The van der Waals surface area contributed by atoms with E-state index in [2.05, 4.69) is 4.98 Å². The van der Waals surface area contributed by atoms with Crippen molar-refractivity contribution in [1.29, 1.82) is 0 Å². The van der Waals surface area contributed by atoms with Crippen LogP contribution in [0.5, 0.6) is 5.75 Å². The first-order chi connectivity index (χ1) is 11.4. The molecule has 1 heterocycles. The lowest BCUT2D eigenvalue weighted by atomic mass is 9.96. The van der Waals surface area contributed by atoms with Crippen molar-refractivity contribution < 1.29 is 18.6 Å². The van der Waals surface area contributed by atoms with Gasteiger partial charge in [0.15, 0.2) is 0 Å². The average molecular weight is 347 g/mol. The third-order valence-corrected chi connectivity index (χ3v) is 4.78. The number of hydrogen-bond acceptors (Lipinski definition) is 4. The number of thiazole rings is 1. The van der Waals surface area contributed by atoms with Crippen molar-refractivity contribution in [1.82, 2.24) is 4.98 Å². The van der Waals surface area contributed by atoms with E-state index in [0.29, 0.717) is 27.6 Å². The lowest BCUT2D eigenvalue weighted by molar-refractivity contribution is 0.102. The Kier molecular flexibility index (Phi) is 4.34. The number of methoxy groups -OCH3 is 1. The molecule has 2 aromatic carbocycles. The van der Waals surface area contributed by atoms with E-state index in [1.165, 1.54) is 23.5 Å². The van der Waals surface area contributed by atoms with Crippen LogP contribution in [-0.4, -0.2) is 17.2 Å². The molecule has 1 unspecified atom stereocenters. The van der Waals surface area contributed by atoms with E-state index in [-0.39, 0.29) is 0 Å². The van der Waals surface area contributed by atoms with Gasteiger partial charge in [0.1, 0.15) is 28.0 Å². The smallest absolute Gasteiger partial charge is 0.138 e. The van der Waals surface area contributed by atoms with Crippen LogP contribution in [0.1, 0.15) is 17.5 Å². The van der Waals surface area contributed by atoms with Gasteiger partial charge in [0, 0.05) is 17.0 Å². The molecule has 0 saturated carbocycles. The molecule has 0 radical (unpaired) electrons. The molecule has 124 valence electrons. The van der Waals surface area contributed by atoms with Gasteiger partial charge in [0.2, 0.25) is 0 Å². The molecule has 0 aliphatic heterocycles. The van der Waals surface area contributed by atoms with Crippen LogP contribution in [0.15, 0.2) is 47.8 Å². The highest BCUT2D eigenvalue weighted by molar-refractivity contribution is 7.10. The summed E-state index contributed by atoms with van der Waals surface area (Å²) in [6.45, 7) is 1.63. The molecule has 3 nitrogen and oxygen atoms in total. The highest BCUT2D eigenvalue weighted by atomic mass is 32.1. The minimum absolute atomic E-state index is 0.334. The Hall–Kier alpha value is -2.31. The van der Waals surface area contributed by atoms with E-state index in [0.717, 1.165) is 6.07 Å². The molecule has 1 N–H and O–H groups in total. The Morgan fingerprint density at radius 1 is 1.08 bits per heavy atom. The van der Waals surface area contributed by atoms with Crippen LogP contribution in [0.25, 0.3) is 11.3 Å². The van der Waals surface area contributed by atoms with Crippen LogP contribution in [0.3, 0.4) is 0 Å². The molecule has 6 heteroatoms. The molecule has 0 aliphatic rings. The van der Waals surface area contributed by atoms with Gasteiger partial charge in [-0.15, -0.1) is 11.3 Å². The second-order valence-electron chi connectivity index (χ2n) is 5.50. The average Bonchev–Trinajstić information content (AvgIpc) is 3.05. The lowest BCUT2D eigenvalue weighted by Crippen LogP contribution is -2.22. The van der Waals surface area contributed by atoms with Crippen molar-refractivity contribution >= 4 is 11.3 Å². The van der Waals surface area contributed by atoms with Crippen LogP contribution in [-0.2, 0) is 5.60 Å². The first-order valence-corrected chi connectivity index (χ1v) is 8.07. The Balaban J connectivity index is 1.96. The summed E-state index contributed by atoms with van der Waals surface area (Å²) >= 11 is 1.23. The van der Waals surface area contributed by atoms with Crippen molar-refractivity contribution in [2.45, 2.75) is 12.5 Å². The number of aromatic nitrogens is 1. The number of aliphatic hydroxyl groups is 1. The number of halogens is 2. The number of rotatable bonds is 4. The second-order valence-corrected chi connectivity index (χ2v) is 6.35. The molecule has 0 saturated heterocycles. The molecular weight excluding hydrogens is 332 g/mol. The molecular formula is C18H15F2NO2S. The van der Waals surface area contributed by atoms with Crippen molar-refractivity contribution in [3.05, 3.63) is 70.1 Å². The molecule has 0 spiro atoms. The number of benzene rings is 2. The van der Waals surface area contributed by atoms with Crippen molar-refractivity contribution in [3.8, 4) is 17.0 Å². The Morgan fingerprint density at radius 3 is 2.29 bits per heavy atom. The molecule has 3 aromatic rings. The molecule has 24 heavy (non-hydrogen) atoms. The number of hydrogen-bond donors (Lipinski definition) is 1. The highest BCUT2D eigenvalue weighted by Crippen LogP contribution is 2.34. The van der Waals surface area contributed by atoms with E-state index >= 15 is 0 Å². The summed E-state index contributed by atoms with van der Waals surface area (Å²) in [4.78, 5) is 4.36. The second kappa shape index (κ2) is 6.30. The van der Waals surface area contributed by atoms with Crippen LogP contribution >= 0.6 is 11.3 Å².